The first kappa shape index (κ1) is 16.3. The summed E-state index contributed by atoms with van der Waals surface area (Å²) < 4.78 is 5.37. The van der Waals surface area contributed by atoms with E-state index in [-0.39, 0.29) is 5.91 Å². The molecule has 0 bridgehead atoms. The largest absolute Gasteiger partial charge is 0.462 e. The van der Waals surface area contributed by atoms with E-state index in [0.717, 1.165) is 28.6 Å². The third-order valence-corrected chi connectivity index (χ3v) is 5.84. The van der Waals surface area contributed by atoms with Crippen molar-refractivity contribution in [2.45, 2.75) is 18.8 Å². The molecular formula is C18H16ClN3O2S. The van der Waals surface area contributed by atoms with Crippen LogP contribution in [0, 0.1) is 0 Å². The number of likely N-dealkylation sites (tertiary alicyclic amines) is 1. The maximum atomic E-state index is 12.6. The molecular weight excluding hydrogens is 358 g/mol. The minimum absolute atomic E-state index is 0.00223. The number of halogens is 1. The predicted octanol–water partition coefficient (Wildman–Crippen LogP) is 4.47. The van der Waals surface area contributed by atoms with Crippen LogP contribution in [0.5, 0.6) is 0 Å². The Morgan fingerprint density at radius 1 is 1.16 bits per heavy atom. The van der Waals surface area contributed by atoms with E-state index in [0.29, 0.717) is 29.6 Å². The molecule has 1 fully saturated rings. The SMILES string of the molecule is O=C(c1ccccc1Cl)N1CCC(c2nnc(-c3ccco3)s2)CC1. The van der Waals surface area contributed by atoms with Crippen molar-refractivity contribution in [3.05, 3.63) is 58.3 Å². The zero-order valence-electron chi connectivity index (χ0n) is 13.4. The zero-order chi connectivity index (χ0) is 17.2. The number of carbonyl (C=O) groups is 1. The third-order valence-electron chi connectivity index (χ3n) is 4.41. The lowest BCUT2D eigenvalue weighted by Gasteiger charge is -2.31. The average Bonchev–Trinajstić information content (AvgIpc) is 3.33. The maximum absolute atomic E-state index is 12.6. The molecule has 5 nitrogen and oxygen atoms in total. The van der Waals surface area contributed by atoms with Gasteiger partial charge < -0.3 is 9.32 Å². The first-order valence-corrected chi connectivity index (χ1v) is 9.33. The van der Waals surface area contributed by atoms with E-state index in [1.54, 1.807) is 29.7 Å². The Morgan fingerprint density at radius 3 is 2.68 bits per heavy atom. The first-order chi connectivity index (χ1) is 12.2. The van der Waals surface area contributed by atoms with Gasteiger partial charge in [-0.1, -0.05) is 35.1 Å². The number of amides is 1. The van der Waals surface area contributed by atoms with Crippen molar-refractivity contribution in [1.29, 1.82) is 0 Å². The van der Waals surface area contributed by atoms with Gasteiger partial charge in [0.1, 0.15) is 5.01 Å². The molecule has 1 aromatic carbocycles. The molecule has 3 heterocycles. The number of piperidine rings is 1. The van der Waals surface area contributed by atoms with Crippen LogP contribution in [-0.2, 0) is 0 Å². The Hall–Kier alpha value is -2.18. The van der Waals surface area contributed by atoms with E-state index in [1.165, 1.54) is 0 Å². The summed E-state index contributed by atoms with van der Waals surface area (Å²) in [7, 11) is 0. The highest BCUT2D eigenvalue weighted by molar-refractivity contribution is 7.14. The Bertz CT molecular complexity index is 870. The van der Waals surface area contributed by atoms with Gasteiger partial charge in [0.05, 0.1) is 16.8 Å². The van der Waals surface area contributed by atoms with Crippen LogP contribution in [0.2, 0.25) is 5.02 Å². The Labute approximate surface area is 154 Å². The second-order valence-electron chi connectivity index (χ2n) is 5.97. The summed E-state index contributed by atoms with van der Waals surface area (Å²) in [5, 5.41) is 10.9. The van der Waals surface area contributed by atoms with E-state index < -0.39 is 0 Å². The van der Waals surface area contributed by atoms with Gasteiger partial charge in [0.15, 0.2) is 10.8 Å². The highest BCUT2D eigenvalue weighted by Crippen LogP contribution is 2.34. The maximum Gasteiger partial charge on any atom is 0.255 e. The number of carbonyl (C=O) groups excluding carboxylic acids is 1. The molecule has 1 aliphatic heterocycles. The van der Waals surface area contributed by atoms with Crippen LogP contribution in [0.4, 0.5) is 0 Å². The summed E-state index contributed by atoms with van der Waals surface area (Å²) in [4.78, 5) is 14.5. The molecule has 0 N–H and O–H groups in total. The highest BCUT2D eigenvalue weighted by atomic mass is 35.5. The summed E-state index contributed by atoms with van der Waals surface area (Å²) in [6.45, 7) is 1.40. The van der Waals surface area contributed by atoms with Gasteiger partial charge in [-0.2, -0.15) is 0 Å². The normalized spacial score (nSPS) is 15.5. The molecule has 2 aromatic heterocycles. The van der Waals surface area contributed by atoms with E-state index in [1.807, 2.05) is 29.2 Å². The summed E-state index contributed by atoms with van der Waals surface area (Å²) in [6, 6.07) is 10.9. The minimum atomic E-state index is -0.00223. The molecule has 0 atom stereocenters. The highest BCUT2D eigenvalue weighted by Gasteiger charge is 2.27. The Kier molecular flexibility index (Phi) is 4.55. The molecule has 0 saturated carbocycles. The number of benzene rings is 1. The fraction of sp³-hybridized carbons (Fsp3) is 0.278. The fourth-order valence-corrected chi connectivity index (χ4v) is 4.23. The van der Waals surface area contributed by atoms with Crippen molar-refractivity contribution in [1.82, 2.24) is 15.1 Å². The van der Waals surface area contributed by atoms with Gasteiger partial charge in [0.2, 0.25) is 0 Å². The first-order valence-electron chi connectivity index (χ1n) is 8.13. The number of rotatable bonds is 3. The number of nitrogens with zero attached hydrogens (tertiary/aromatic N) is 3. The van der Waals surface area contributed by atoms with Crippen LogP contribution in [0.15, 0.2) is 47.1 Å². The fourth-order valence-electron chi connectivity index (χ4n) is 3.03. The Morgan fingerprint density at radius 2 is 1.96 bits per heavy atom. The molecule has 4 rings (SSSR count). The van der Waals surface area contributed by atoms with E-state index >= 15 is 0 Å². The third kappa shape index (κ3) is 3.32. The summed E-state index contributed by atoms with van der Waals surface area (Å²) in [6.07, 6.45) is 3.39. The van der Waals surface area contributed by atoms with Crippen molar-refractivity contribution in [2.75, 3.05) is 13.1 Å². The molecule has 1 saturated heterocycles. The molecule has 0 spiro atoms. The number of hydrogen-bond donors (Lipinski definition) is 0. The van der Waals surface area contributed by atoms with Crippen LogP contribution in [-0.4, -0.2) is 34.1 Å². The molecule has 128 valence electrons. The topological polar surface area (TPSA) is 59.2 Å². The smallest absolute Gasteiger partial charge is 0.255 e. The molecule has 3 aromatic rings. The Balaban J connectivity index is 1.42. The van der Waals surface area contributed by atoms with Gasteiger partial charge >= 0.3 is 0 Å². The molecule has 7 heteroatoms. The van der Waals surface area contributed by atoms with Crippen molar-refractivity contribution in [3.8, 4) is 10.8 Å². The van der Waals surface area contributed by atoms with E-state index in [4.69, 9.17) is 16.0 Å². The van der Waals surface area contributed by atoms with Crippen LogP contribution in [0.3, 0.4) is 0 Å². The van der Waals surface area contributed by atoms with Crippen molar-refractivity contribution < 1.29 is 9.21 Å². The quantitative estimate of drug-likeness (QED) is 0.679. The average molecular weight is 374 g/mol. The van der Waals surface area contributed by atoms with Gasteiger partial charge in [0, 0.05) is 19.0 Å². The molecule has 25 heavy (non-hydrogen) atoms. The minimum Gasteiger partial charge on any atom is -0.462 e. The number of aromatic nitrogens is 2. The molecule has 0 aliphatic carbocycles. The lowest BCUT2D eigenvalue weighted by molar-refractivity contribution is 0.0713. The standard InChI is InChI=1S/C18H16ClN3O2S/c19-14-5-2-1-4-13(14)18(23)22-9-7-12(8-10-22)16-20-21-17(25-16)15-6-3-11-24-15/h1-6,11-12H,7-10H2. The molecule has 1 aliphatic rings. The number of hydrogen-bond acceptors (Lipinski definition) is 5. The van der Waals surface area contributed by atoms with Crippen LogP contribution in [0.1, 0.15) is 34.1 Å². The molecule has 0 radical (unpaired) electrons. The molecule has 0 unspecified atom stereocenters. The van der Waals surface area contributed by atoms with Gasteiger partial charge in [-0.3, -0.25) is 4.79 Å². The predicted molar refractivity (Wildman–Crippen MR) is 96.9 cm³/mol. The van der Waals surface area contributed by atoms with Crippen molar-refractivity contribution >= 4 is 28.8 Å². The second kappa shape index (κ2) is 6.98. The van der Waals surface area contributed by atoms with E-state index in [9.17, 15) is 4.79 Å². The van der Waals surface area contributed by atoms with Crippen LogP contribution < -0.4 is 0 Å². The lowest BCUT2D eigenvalue weighted by Crippen LogP contribution is -2.38. The van der Waals surface area contributed by atoms with Crippen LogP contribution in [0.25, 0.3) is 10.8 Å². The monoisotopic (exact) mass is 373 g/mol. The summed E-state index contributed by atoms with van der Waals surface area (Å²) in [5.41, 5.74) is 0.568. The molecule has 1 amide bonds. The van der Waals surface area contributed by atoms with Gasteiger partial charge in [0.25, 0.3) is 5.91 Å². The van der Waals surface area contributed by atoms with Crippen molar-refractivity contribution in [2.24, 2.45) is 0 Å². The summed E-state index contributed by atoms with van der Waals surface area (Å²) >= 11 is 7.71. The van der Waals surface area contributed by atoms with Gasteiger partial charge in [-0.15, -0.1) is 10.2 Å². The summed E-state index contributed by atoms with van der Waals surface area (Å²) in [5.74, 6) is 1.07. The second-order valence-corrected chi connectivity index (χ2v) is 7.39. The van der Waals surface area contributed by atoms with Gasteiger partial charge in [-0.05, 0) is 37.1 Å². The lowest BCUT2D eigenvalue weighted by atomic mass is 9.97. The van der Waals surface area contributed by atoms with Crippen molar-refractivity contribution in [3.63, 3.8) is 0 Å². The number of furan rings is 1. The van der Waals surface area contributed by atoms with E-state index in [2.05, 4.69) is 10.2 Å². The zero-order valence-corrected chi connectivity index (χ0v) is 15.0. The van der Waals surface area contributed by atoms with Crippen LogP contribution >= 0.6 is 22.9 Å². The van der Waals surface area contributed by atoms with Gasteiger partial charge in [-0.25, -0.2) is 0 Å².